The number of hydrogen-bond acceptors (Lipinski definition) is 2. The van der Waals surface area contributed by atoms with E-state index in [9.17, 15) is 13.2 Å². The Hall–Kier alpha value is -1.52. The van der Waals surface area contributed by atoms with E-state index in [0.29, 0.717) is 25.0 Å². The molecule has 0 aromatic heterocycles. The zero-order valence-corrected chi connectivity index (χ0v) is 9.00. The Balaban J connectivity index is 2.07. The van der Waals surface area contributed by atoms with Gasteiger partial charge in [0.1, 0.15) is 6.61 Å². The molecule has 0 spiro atoms. The molecule has 0 bridgehead atoms. The van der Waals surface area contributed by atoms with E-state index in [1.54, 1.807) is 6.07 Å². The fourth-order valence-electron chi connectivity index (χ4n) is 1.77. The van der Waals surface area contributed by atoms with Gasteiger partial charge in [-0.2, -0.15) is 13.2 Å². The largest absolute Gasteiger partial charge is 0.472 e. The van der Waals surface area contributed by atoms with Crippen LogP contribution in [0.3, 0.4) is 0 Å². The Morgan fingerprint density at radius 3 is 2.76 bits per heavy atom. The lowest BCUT2D eigenvalue weighted by atomic mass is 10.0. The molecule has 5 heteroatoms. The first-order valence-electron chi connectivity index (χ1n) is 5.29. The number of rotatable bonds is 3. The molecule has 2 rings (SSSR count). The quantitative estimate of drug-likeness (QED) is 0.798. The number of ether oxygens (including phenoxy) is 1. The highest BCUT2D eigenvalue weighted by atomic mass is 19.4. The third-order valence-corrected chi connectivity index (χ3v) is 2.65. The highest BCUT2D eigenvalue weighted by Crippen LogP contribution is 2.32. The van der Waals surface area contributed by atoms with Gasteiger partial charge in [-0.3, -0.25) is 0 Å². The second-order valence-electron chi connectivity index (χ2n) is 3.88. The van der Waals surface area contributed by atoms with Gasteiger partial charge in [0.15, 0.2) is 0 Å². The summed E-state index contributed by atoms with van der Waals surface area (Å²) in [6, 6.07) is 5.56. The summed E-state index contributed by atoms with van der Waals surface area (Å²) in [6.45, 7) is 0.411. The van der Waals surface area contributed by atoms with Gasteiger partial charge in [0, 0.05) is 0 Å². The second kappa shape index (κ2) is 4.77. The number of halogens is 3. The van der Waals surface area contributed by atoms with Crippen molar-refractivity contribution in [3.63, 3.8) is 0 Å². The van der Waals surface area contributed by atoms with Crippen LogP contribution in [0.4, 0.5) is 13.2 Å². The Kier molecular flexibility index (Phi) is 3.36. The third-order valence-electron chi connectivity index (χ3n) is 2.65. The van der Waals surface area contributed by atoms with E-state index in [1.165, 1.54) is 12.1 Å². The Morgan fingerprint density at radius 1 is 1.35 bits per heavy atom. The fourth-order valence-corrected chi connectivity index (χ4v) is 1.77. The molecule has 1 atom stereocenters. The molecule has 0 aliphatic carbocycles. The standard InChI is InChI=1S/C12H11F3NO/c13-12(14,15)11-4-2-1-3-9(11)5-6-10-7-17-8-16-10/h1-4,10H,5-7H2. The summed E-state index contributed by atoms with van der Waals surface area (Å²) in [4.78, 5) is 3.89. The SMILES string of the molecule is FC(F)(F)c1ccccc1CCC1CO[C]=N1. The molecule has 1 aromatic rings. The molecular formula is C12H11F3NO. The van der Waals surface area contributed by atoms with E-state index in [4.69, 9.17) is 4.74 Å². The predicted octanol–water partition coefficient (Wildman–Crippen LogP) is 2.94. The van der Waals surface area contributed by atoms with Crippen LogP contribution < -0.4 is 0 Å². The van der Waals surface area contributed by atoms with Crippen molar-refractivity contribution in [2.75, 3.05) is 6.61 Å². The van der Waals surface area contributed by atoms with Gasteiger partial charge in [-0.1, -0.05) is 18.2 Å². The maximum absolute atomic E-state index is 12.7. The smallest absolute Gasteiger partial charge is 0.416 e. The Labute approximate surface area is 97.1 Å². The zero-order valence-electron chi connectivity index (χ0n) is 9.00. The molecular weight excluding hydrogens is 231 g/mol. The molecule has 0 saturated heterocycles. The minimum absolute atomic E-state index is 0.0729. The minimum Gasteiger partial charge on any atom is -0.472 e. The fraction of sp³-hybridized carbons (Fsp3) is 0.417. The molecule has 1 aliphatic rings. The summed E-state index contributed by atoms with van der Waals surface area (Å²) in [5.74, 6) is 0. The lowest BCUT2D eigenvalue weighted by Gasteiger charge is -2.13. The van der Waals surface area contributed by atoms with Crippen LogP contribution >= 0.6 is 0 Å². The van der Waals surface area contributed by atoms with Crippen molar-refractivity contribution in [1.29, 1.82) is 0 Å². The summed E-state index contributed by atoms with van der Waals surface area (Å²) < 4.78 is 42.9. The van der Waals surface area contributed by atoms with Crippen molar-refractivity contribution in [3.05, 3.63) is 35.4 Å². The average Bonchev–Trinajstić information content (AvgIpc) is 2.78. The first-order chi connectivity index (χ1) is 8.07. The summed E-state index contributed by atoms with van der Waals surface area (Å²) in [7, 11) is 0. The molecule has 0 fully saturated rings. The van der Waals surface area contributed by atoms with Gasteiger partial charge >= 0.3 is 6.18 Å². The van der Waals surface area contributed by atoms with Crippen molar-refractivity contribution in [3.8, 4) is 0 Å². The molecule has 1 unspecified atom stereocenters. The monoisotopic (exact) mass is 242 g/mol. The molecule has 1 aromatic carbocycles. The van der Waals surface area contributed by atoms with E-state index in [1.807, 2.05) is 0 Å². The van der Waals surface area contributed by atoms with Gasteiger partial charge in [0.2, 0.25) is 0 Å². The van der Waals surface area contributed by atoms with E-state index < -0.39 is 11.7 Å². The van der Waals surface area contributed by atoms with Crippen LogP contribution in [-0.4, -0.2) is 19.0 Å². The van der Waals surface area contributed by atoms with Gasteiger partial charge in [0.25, 0.3) is 6.40 Å². The van der Waals surface area contributed by atoms with E-state index >= 15 is 0 Å². The number of nitrogens with zero attached hydrogens (tertiary/aromatic N) is 1. The molecule has 17 heavy (non-hydrogen) atoms. The first-order valence-corrected chi connectivity index (χ1v) is 5.29. The van der Waals surface area contributed by atoms with Crippen LogP contribution in [0.25, 0.3) is 0 Å². The van der Waals surface area contributed by atoms with Crippen LogP contribution in [0.15, 0.2) is 29.3 Å². The van der Waals surface area contributed by atoms with Crippen molar-refractivity contribution in [2.24, 2.45) is 4.99 Å². The van der Waals surface area contributed by atoms with E-state index in [-0.39, 0.29) is 6.04 Å². The maximum Gasteiger partial charge on any atom is 0.416 e. The highest BCUT2D eigenvalue weighted by molar-refractivity contribution is 5.48. The molecule has 1 radical (unpaired) electrons. The maximum atomic E-state index is 12.7. The lowest BCUT2D eigenvalue weighted by molar-refractivity contribution is -0.138. The first kappa shape index (κ1) is 12.0. The molecule has 0 N–H and O–H groups in total. The molecule has 1 aliphatic heterocycles. The van der Waals surface area contributed by atoms with Crippen molar-refractivity contribution in [1.82, 2.24) is 0 Å². The zero-order chi connectivity index (χ0) is 12.3. The van der Waals surface area contributed by atoms with Crippen LogP contribution in [0, 0.1) is 0 Å². The number of alkyl halides is 3. The summed E-state index contributed by atoms with van der Waals surface area (Å²) in [6.07, 6.45) is -1.05. The number of benzene rings is 1. The number of hydrogen-bond donors (Lipinski definition) is 0. The summed E-state index contributed by atoms with van der Waals surface area (Å²) >= 11 is 0. The normalized spacial score (nSPS) is 19.4. The van der Waals surface area contributed by atoms with Gasteiger partial charge in [-0.05, 0) is 24.5 Å². The van der Waals surface area contributed by atoms with Crippen LogP contribution in [-0.2, 0) is 17.3 Å². The van der Waals surface area contributed by atoms with Gasteiger partial charge < -0.3 is 4.74 Å². The van der Waals surface area contributed by atoms with Gasteiger partial charge in [-0.15, -0.1) is 0 Å². The lowest BCUT2D eigenvalue weighted by Crippen LogP contribution is -2.12. The van der Waals surface area contributed by atoms with Crippen LogP contribution in [0.1, 0.15) is 17.5 Å². The Morgan fingerprint density at radius 2 is 2.12 bits per heavy atom. The predicted molar refractivity (Wildman–Crippen MR) is 56.9 cm³/mol. The third kappa shape index (κ3) is 2.99. The average molecular weight is 242 g/mol. The van der Waals surface area contributed by atoms with Crippen molar-refractivity contribution < 1.29 is 17.9 Å². The van der Waals surface area contributed by atoms with E-state index in [0.717, 1.165) is 6.07 Å². The molecule has 1 heterocycles. The Bertz CT molecular complexity index is 414. The van der Waals surface area contributed by atoms with E-state index in [2.05, 4.69) is 11.4 Å². The minimum atomic E-state index is -4.29. The van der Waals surface area contributed by atoms with Crippen molar-refractivity contribution >= 4 is 6.40 Å². The van der Waals surface area contributed by atoms with Crippen LogP contribution in [0.5, 0.6) is 0 Å². The molecule has 2 nitrogen and oxygen atoms in total. The second-order valence-corrected chi connectivity index (χ2v) is 3.88. The topological polar surface area (TPSA) is 21.6 Å². The van der Waals surface area contributed by atoms with Crippen LogP contribution in [0.2, 0.25) is 0 Å². The number of aliphatic imine (C=N–C) groups is 1. The summed E-state index contributed by atoms with van der Waals surface area (Å²) in [5.41, 5.74) is -0.256. The molecule has 0 amide bonds. The van der Waals surface area contributed by atoms with Gasteiger partial charge in [0.05, 0.1) is 11.6 Å². The van der Waals surface area contributed by atoms with Crippen molar-refractivity contribution in [2.45, 2.75) is 25.1 Å². The van der Waals surface area contributed by atoms with Gasteiger partial charge in [-0.25, -0.2) is 4.99 Å². The highest BCUT2D eigenvalue weighted by Gasteiger charge is 2.32. The number of aryl methyl sites for hydroxylation is 1. The summed E-state index contributed by atoms with van der Waals surface area (Å²) in [5, 5.41) is 0. The molecule has 91 valence electrons. The molecule has 0 saturated carbocycles.